The average Bonchev–Trinajstić information content (AvgIpc) is 2.94. The summed E-state index contributed by atoms with van der Waals surface area (Å²) < 4.78 is 5.36. The lowest BCUT2D eigenvalue weighted by molar-refractivity contribution is -0.0365. The van der Waals surface area contributed by atoms with Crippen LogP contribution in [0.3, 0.4) is 0 Å². The Morgan fingerprint density at radius 1 is 1.26 bits per heavy atom. The number of nitrogens with zero attached hydrogens (tertiary/aromatic N) is 4. The van der Waals surface area contributed by atoms with Gasteiger partial charge in [-0.15, -0.1) is 0 Å². The van der Waals surface area contributed by atoms with Crippen LogP contribution < -0.4 is 4.90 Å². The highest BCUT2D eigenvalue weighted by Gasteiger charge is 2.54. The second kappa shape index (κ2) is 4.47. The summed E-state index contributed by atoms with van der Waals surface area (Å²) in [5.74, 6) is -0.0159. The van der Waals surface area contributed by atoms with Gasteiger partial charge in [0, 0.05) is 0 Å². The van der Waals surface area contributed by atoms with Crippen molar-refractivity contribution in [1.82, 2.24) is 14.9 Å². The summed E-state index contributed by atoms with van der Waals surface area (Å²) in [6.07, 6.45) is -1.79. The summed E-state index contributed by atoms with van der Waals surface area (Å²) >= 11 is 0. The molecule has 4 N–H and O–H groups in total. The number of aromatic nitrogens is 2. The van der Waals surface area contributed by atoms with Crippen molar-refractivity contribution in [2.45, 2.75) is 24.5 Å². The van der Waals surface area contributed by atoms with Gasteiger partial charge >= 0.3 is 5.82 Å². The normalized spacial score (nSPS) is 33.8. The fourth-order valence-corrected chi connectivity index (χ4v) is 2.14. The van der Waals surface area contributed by atoms with Crippen molar-refractivity contribution >= 4 is 17.8 Å². The number of anilines is 1. The molecule has 9 nitrogen and oxygen atoms in total. The molecule has 2 aliphatic rings. The number of ether oxygens (including phenoxy) is 1. The summed E-state index contributed by atoms with van der Waals surface area (Å²) in [6.45, 7) is -0.415. The molecule has 19 heavy (non-hydrogen) atoms. The molecule has 0 aliphatic carbocycles. The van der Waals surface area contributed by atoms with E-state index < -0.39 is 31.1 Å². The fourth-order valence-electron chi connectivity index (χ4n) is 2.14. The molecule has 0 spiro atoms. The number of hydrogen-bond acceptors (Lipinski definition) is 9. The Morgan fingerprint density at radius 2 is 2.05 bits per heavy atom. The van der Waals surface area contributed by atoms with Crippen LogP contribution in [0.25, 0.3) is 0 Å². The van der Waals surface area contributed by atoms with E-state index in [9.17, 15) is 15.3 Å². The van der Waals surface area contributed by atoms with Gasteiger partial charge in [0.05, 0.1) is 6.61 Å². The van der Waals surface area contributed by atoms with Crippen LogP contribution in [0.15, 0.2) is 11.3 Å². The molecule has 1 radical (unpaired) electrons. The van der Waals surface area contributed by atoms with Crippen molar-refractivity contribution in [3.8, 4) is 5.88 Å². The van der Waals surface area contributed by atoms with E-state index in [4.69, 9.17) is 9.84 Å². The second-order valence-corrected chi connectivity index (χ2v) is 4.25. The monoisotopic (exact) mass is 268 g/mol. The van der Waals surface area contributed by atoms with E-state index in [2.05, 4.69) is 15.0 Å². The molecular formula is C10H12N4O5+. The fraction of sp³-hybridized carbons (Fsp3) is 0.500. The maximum absolute atomic E-state index is 9.92. The van der Waals surface area contributed by atoms with Gasteiger partial charge in [-0.1, -0.05) is 0 Å². The highest BCUT2D eigenvalue weighted by molar-refractivity contribution is 5.85. The topological polar surface area (TPSA) is 134 Å². The Bertz CT molecular complexity index is 525. The molecule has 0 aromatic carbocycles. The number of fused-ring (bicyclic) bond motifs is 1. The Labute approximate surface area is 107 Å². The first-order chi connectivity index (χ1) is 9.13. The minimum atomic E-state index is -1.23. The molecule has 9 heteroatoms. The van der Waals surface area contributed by atoms with Gasteiger partial charge in [0.15, 0.2) is 6.10 Å². The van der Waals surface area contributed by atoms with Gasteiger partial charge < -0.3 is 25.2 Å². The van der Waals surface area contributed by atoms with Crippen LogP contribution >= 0.6 is 0 Å². The molecule has 0 amide bonds. The summed E-state index contributed by atoms with van der Waals surface area (Å²) in [4.78, 5) is 12.8. The highest BCUT2D eigenvalue weighted by atomic mass is 16.6. The Hall–Kier alpha value is -1.65. The lowest BCUT2D eigenvalue weighted by Gasteiger charge is -2.12. The number of aliphatic hydroxyl groups excluding tert-OH is 3. The van der Waals surface area contributed by atoms with Gasteiger partial charge in [0.2, 0.25) is 17.9 Å². The molecule has 1 fully saturated rings. The van der Waals surface area contributed by atoms with Crippen molar-refractivity contribution in [1.29, 1.82) is 0 Å². The highest BCUT2D eigenvalue weighted by Crippen LogP contribution is 2.39. The molecule has 101 valence electrons. The van der Waals surface area contributed by atoms with E-state index in [1.54, 1.807) is 0 Å². The molecule has 3 heterocycles. The predicted octanol–water partition coefficient (Wildman–Crippen LogP) is -1.93. The number of hydrogen-bond donors (Lipinski definition) is 4. The molecule has 0 unspecified atom stereocenters. The molecule has 1 aromatic rings. The van der Waals surface area contributed by atoms with E-state index in [0.717, 1.165) is 6.33 Å². The summed E-state index contributed by atoms with van der Waals surface area (Å²) in [7, 11) is 0. The van der Waals surface area contributed by atoms with Crippen LogP contribution in [0.1, 0.15) is 0 Å². The average molecular weight is 268 g/mol. The zero-order valence-electron chi connectivity index (χ0n) is 9.66. The van der Waals surface area contributed by atoms with Crippen molar-refractivity contribution < 1.29 is 25.2 Å². The van der Waals surface area contributed by atoms with E-state index in [-0.39, 0.29) is 17.4 Å². The lowest BCUT2D eigenvalue weighted by atomic mass is 10.1. The van der Waals surface area contributed by atoms with Gasteiger partial charge in [0.1, 0.15) is 18.5 Å². The van der Waals surface area contributed by atoms with E-state index in [1.165, 1.54) is 11.2 Å². The maximum atomic E-state index is 9.92. The maximum Gasteiger partial charge on any atom is 0.318 e. The molecule has 3 rings (SSSR count). The van der Waals surface area contributed by atoms with Crippen LogP contribution in [0.2, 0.25) is 0 Å². The van der Waals surface area contributed by atoms with Gasteiger partial charge in [-0.05, 0) is 4.90 Å². The van der Waals surface area contributed by atoms with Crippen molar-refractivity contribution in [3.05, 3.63) is 6.33 Å². The Kier molecular flexibility index (Phi) is 2.92. The van der Waals surface area contributed by atoms with E-state index >= 15 is 0 Å². The molecule has 4 atom stereocenters. The van der Waals surface area contributed by atoms with Crippen LogP contribution in [0, 0.1) is 0 Å². The summed E-state index contributed by atoms with van der Waals surface area (Å²) in [6, 6.07) is 0. The van der Waals surface area contributed by atoms with Crippen LogP contribution in [-0.2, 0) is 4.74 Å². The van der Waals surface area contributed by atoms with Crippen LogP contribution in [0.5, 0.6) is 5.88 Å². The third kappa shape index (κ3) is 1.79. The molecule has 0 bridgehead atoms. The summed E-state index contributed by atoms with van der Waals surface area (Å²) in [5, 5.41) is 38.2. The first kappa shape index (κ1) is 12.4. The zero-order valence-corrected chi connectivity index (χ0v) is 9.66. The van der Waals surface area contributed by atoms with Crippen LogP contribution in [-0.4, -0.2) is 67.9 Å². The van der Waals surface area contributed by atoms with Gasteiger partial charge in [0.25, 0.3) is 6.23 Å². The number of rotatable bonds is 2. The third-order valence-corrected chi connectivity index (χ3v) is 3.13. The first-order valence-electron chi connectivity index (χ1n) is 5.62. The minimum Gasteiger partial charge on any atom is -0.491 e. The minimum absolute atomic E-state index is 0.167. The largest absolute Gasteiger partial charge is 0.491 e. The number of aromatic hydroxyl groups is 1. The number of aliphatic hydroxyl groups is 3. The standard InChI is InChI=1S/C10H12N4O5/c15-1-4-6(16)7(17)10(19-4)14-3-13-5-8(14)11-2-12-9(5)18/h2-4,6-7,10,15-17H,1H2,(H,11,12,18)/q+1/t4-,6-,7-,10-/m1/s1. The molecule has 0 saturated carbocycles. The molecule has 1 saturated heterocycles. The quantitative estimate of drug-likeness (QED) is 0.459. The van der Waals surface area contributed by atoms with Crippen LogP contribution in [0.4, 0.5) is 11.5 Å². The smallest absolute Gasteiger partial charge is 0.318 e. The van der Waals surface area contributed by atoms with Gasteiger partial charge in [-0.2, -0.15) is 15.0 Å². The zero-order chi connectivity index (χ0) is 13.6. The van der Waals surface area contributed by atoms with Crippen molar-refractivity contribution in [3.63, 3.8) is 0 Å². The predicted molar refractivity (Wildman–Crippen MR) is 61.4 cm³/mol. The van der Waals surface area contributed by atoms with E-state index in [1.807, 2.05) is 0 Å². The molecule has 2 aliphatic heterocycles. The summed E-state index contributed by atoms with van der Waals surface area (Å²) in [5.41, 5.74) is 0.167. The van der Waals surface area contributed by atoms with Gasteiger partial charge in [-0.3, -0.25) is 0 Å². The first-order valence-corrected chi connectivity index (χ1v) is 5.62. The van der Waals surface area contributed by atoms with E-state index in [0.29, 0.717) is 0 Å². The molecule has 1 aromatic heterocycles. The Morgan fingerprint density at radius 3 is 2.74 bits per heavy atom. The number of aliphatic imine (C=N–C) groups is 1. The second-order valence-electron chi connectivity index (χ2n) is 4.25. The lowest BCUT2D eigenvalue weighted by Crippen LogP contribution is -2.44. The van der Waals surface area contributed by atoms with Gasteiger partial charge in [-0.25, -0.2) is 0 Å². The van der Waals surface area contributed by atoms with Crippen molar-refractivity contribution in [2.75, 3.05) is 6.61 Å². The SMILES string of the molecule is OC[C@H]1O[C@@H]([N+]2C=Nc3c(O)ncnc32)[C@H](O)[C@@H]1O. The van der Waals surface area contributed by atoms with Crippen molar-refractivity contribution in [2.24, 2.45) is 4.99 Å². The third-order valence-electron chi connectivity index (χ3n) is 3.13. The molecular weight excluding hydrogens is 256 g/mol. The Balaban J connectivity index is 1.91.